The number of halogens is 1. The molecule has 0 spiro atoms. The third kappa shape index (κ3) is 2.93. The standard InChI is InChI=1S/C18H16FN3O/c1-12-7-8-22(17(12)14-3-2-4-15(19)9-14)18(23)16-6-5-13(10-20)11-21-16/h2-6,9,11-12,17H,7-8H2,1H3/t12-,17+/m1/s1. The fourth-order valence-electron chi connectivity index (χ4n) is 3.11. The first-order valence-electron chi connectivity index (χ1n) is 7.52. The highest BCUT2D eigenvalue weighted by Crippen LogP contribution is 2.37. The molecule has 1 aliphatic heterocycles. The van der Waals surface area contributed by atoms with Crippen LogP contribution < -0.4 is 0 Å². The lowest BCUT2D eigenvalue weighted by molar-refractivity contribution is 0.0714. The van der Waals surface area contributed by atoms with Crippen LogP contribution >= 0.6 is 0 Å². The molecule has 1 saturated heterocycles. The Hall–Kier alpha value is -2.74. The van der Waals surface area contributed by atoms with Crippen LogP contribution in [0.3, 0.4) is 0 Å². The molecule has 3 rings (SSSR count). The van der Waals surface area contributed by atoms with Crippen molar-refractivity contribution in [3.8, 4) is 6.07 Å². The second-order valence-corrected chi connectivity index (χ2v) is 5.81. The van der Waals surface area contributed by atoms with Gasteiger partial charge in [-0.3, -0.25) is 4.79 Å². The van der Waals surface area contributed by atoms with Gasteiger partial charge >= 0.3 is 0 Å². The molecule has 1 fully saturated rings. The van der Waals surface area contributed by atoms with E-state index in [1.807, 2.05) is 12.1 Å². The first-order valence-corrected chi connectivity index (χ1v) is 7.52. The molecule has 2 atom stereocenters. The molecule has 1 aromatic heterocycles. The number of likely N-dealkylation sites (tertiary alicyclic amines) is 1. The van der Waals surface area contributed by atoms with Gasteiger partial charge in [0.15, 0.2) is 0 Å². The molecule has 0 saturated carbocycles. The van der Waals surface area contributed by atoms with Crippen molar-refractivity contribution in [2.45, 2.75) is 19.4 Å². The number of amides is 1. The third-order valence-electron chi connectivity index (χ3n) is 4.26. The van der Waals surface area contributed by atoms with E-state index in [1.165, 1.54) is 18.3 Å². The van der Waals surface area contributed by atoms with E-state index in [-0.39, 0.29) is 23.7 Å². The summed E-state index contributed by atoms with van der Waals surface area (Å²) in [5.41, 5.74) is 1.52. The summed E-state index contributed by atoms with van der Waals surface area (Å²) in [5.74, 6) is -0.238. The minimum atomic E-state index is -0.300. The molecule has 116 valence electrons. The number of hydrogen-bond acceptors (Lipinski definition) is 3. The molecular weight excluding hydrogens is 293 g/mol. The van der Waals surface area contributed by atoms with E-state index in [0.717, 1.165) is 12.0 Å². The van der Waals surface area contributed by atoms with Crippen LogP contribution in [0.4, 0.5) is 4.39 Å². The molecule has 2 heterocycles. The van der Waals surface area contributed by atoms with Crippen LogP contribution in [0.25, 0.3) is 0 Å². The number of benzene rings is 1. The molecule has 0 unspecified atom stereocenters. The van der Waals surface area contributed by atoms with Gasteiger partial charge in [0.05, 0.1) is 11.6 Å². The van der Waals surface area contributed by atoms with Gasteiger partial charge in [-0.1, -0.05) is 19.1 Å². The predicted molar refractivity (Wildman–Crippen MR) is 82.9 cm³/mol. The summed E-state index contributed by atoms with van der Waals surface area (Å²) in [7, 11) is 0. The largest absolute Gasteiger partial charge is 0.330 e. The second kappa shape index (κ2) is 6.17. The molecule has 0 radical (unpaired) electrons. The Balaban J connectivity index is 1.90. The van der Waals surface area contributed by atoms with Gasteiger partial charge < -0.3 is 4.90 Å². The lowest BCUT2D eigenvalue weighted by atomic mass is 9.95. The van der Waals surface area contributed by atoms with Crippen molar-refractivity contribution >= 4 is 5.91 Å². The molecule has 23 heavy (non-hydrogen) atoms. The monoisotopic (exact) mass is 309 g/mol. The summed E-state index contributed by atoms with van der Waals surface area (Å²) in [6.45, 7) is 2.68. The van der Waals surface area contributed by atoms with Gasteiger partial charge in [0.2, 0.25) is 0 Å². The highest BCUT2D eigenvalue weighted by atomic mass is 19.1. The number of nitrogens with zero attached hydrogens (tertiary/aromatic N) is 3. The Kier molecular flexibility index (Phi) is 4.07. The topological polar surface area (TPSA) is 57.0 Å². The van der Waals surface area contributed by atoms with Crippen LogP contribution in [0, 0.1) is 23.1 Å². The predicted octanol–water partition coefficient (Wildman–Crippen LogP) is 3.32. The SMILES string of the molecule is C[C@@H]1CCN(C(=O)c2ccc(C#N)cn2)[C@@H]1c1cccc(F)c1. The van der Waals surface area contributed by atoms with Crippen LogP contribution in [0.15, 0.2) is 42.6 Å². The van der Waals surface area contributed by atoms with Crippen LogP contribution in [-0.2, 0) is 0 Å². The van der Waals surface area contributed by atoms with Crippen molar-refractivity contribution in [3.05, 3.63) is 65.2 Å². The first kappa shape index (κ1) is 15.2. The summed E-state index contributed by atoms with van der Waals surface area (Å²) in [6, 6.07) is 11.4. The second-order valence-electron chi connectivity index (χ2n) is 5.81. The summed E-state index contributed by atoms with van der Waals surface area (Å²) >= 11 is 0. The van der Waals surface area contributed by atoms with Crippen molar-refractivity contribution in [1.82, 2.24) is 9.88 Å². The zero-order valence-corrected chi connectivity index (χ0v) is 12.7. The number of nitriles is 1. The van der Waals surface area contributed by atoms with Crippen molar-refractivity contribution in [3.63, 3.8) is 0 Å². The number of aromatic nitrogens is 1. The third-order valence-corrected chi connectivity index (χ3v) is 4.26. The highest BCUT2D eigenvalue weighted by molar-refractivity contribution is 5.92. The van der Waals surface area contributed by atoms with E-state index < -0.39 is 0 Å². The van der Waals surface area contributed by atoms with Crippen LogP contribution in [0.5, 0.6) is 0 Å². The Morgan fingerprint density at radius 1 is 1.39 bits per heavy atom. The van der Waals surface area contributed by atoms with E-state index in [1.54, 1.807) is 23.1 Å². The quantitative estimate of drug-likeness (QED) is 0.855. The normalized spacial score (nSPS) is 20.3. The average Bonchev–Trinajstić information content (AvgIpc) is 2.96. The minimum absolute atomic E-state index is 0.157. The van der Waals surface area contributed by atoms with Crippen molar-refractivity contribution in [1.29, 1.82) is 5.26 Å². The Morgan fingerprint density at radius 3 is 2.87 bits per heavy atom. The minimum Gasteiger partial charge on any atom is -0.330 e. The number of carbonyl (C=O) groups excluding carboxylic acids is 1. The maximum absolute atomic E-state index is 13.5. The lowest BCUT2D eigenvalue weighted by Crippen LogP contribution is -2.32. The molecule has 0 bridgehead atoms. The van der Waals surface area contributed by atoms with E-state index >= 15 is 0 Å². The van der Waals surface area contributed by atoms with Gasteiger partial charge in [0.25, 0.3) is 5.91 Å². The molecule has 4 nitrogen and oxygen atoms in total. The van der Waals surface area contributed by atoms with Crippen LogP contribution in [0.2, 0.25) is 0 Å². The zero-order chi connectivity index (χ0) is 16.4. The summed E-state index contributed by atoms with van der Waals surface area (Å²) in [5, 5.41) is 8.81. The molecule has 0 N–H and O–H groups in total. The Labute approximate surface area is 134 Å². The fraction of sp³-hybridized carbons (Fsp3) is 0.278. The van der Waals surface area contributed by atoms with Gasteiger partial charge in [0.1, 0.15) is 17.6 Å². The highest BCUT2D eigenvalue weighted by Gasteiger charge is 2.36. The van der Waals surface area contributed by atoms with E-state index in [4.69, 9.17) is 5.26 Å². The molecule has 2 aromatic rings. The Bertz CT molecular complexity index is 767. The number of pyridine rings is 1. The summed E-state index contributed by atoms with van der Waals surface area (Å²) in [6.07, 6.45) is 2.26. The van der Waals surface area contributed by atoms with Gasteiger partial charge in [-0.2, -0.15) is 5.26 Å². The first-order chi connectivity index (χ1) is 11.1. The number of rotatable bonds is 2. The van der Waals surface area contributed by atoms with Crippen LogP contribution in [-0.4, -0.2) is 22.3 Å². The fourth-order valence-corrected chi connectivity index (χ4v) is 3.11. The average molecular weight is 309 g/mol. The van der Waals surface area contributed by atoms with Gasteiger partial charge in [-0.15, -0.1) is 0 Å². The van der Waals surface area contributed by atoms with Crippen LogP contribution in [0.1, 0.15) is 41.0 Å². The summed E-state index contributed by atoms with van der Waals surface area (Å²) in [4.78, 5) is 18.6. The van der Waals surface area contributed by atoms with Gasteiger partial charge in [-0.05, 0) is 42.2 Å². The molecule has 5 heteroatoms. The maximum atomic E-state index is 13.5. The molecule has 1 amide bonds. The van der Waals surface area contributed by atoms with E-state index in [9.17, 15) is 9.18 Å². The molecule has 1 aromatic carbocycles. The van der Waals surface area contributed by atoms with E-state index in [2.05, 4.69) is 11.9 Å². The molecule has 0 aliphatic carbocycles. The number of carbonyl (C=O) groups is 1. The zero-order valence-electron chi connectivity index (χ0n) is 12.7. The van der Waals surface area contributed by atoms with Gasteiger partial charge in [0, 0.05) is 12.7 Å². The summed E-state index contributed by atoms with van der Waals surface area (Å²) < 4.78 is 13.5. The smallest absolute Gasteiger partial charge is 0.272 e. The van der Waals surface area contributed by atoms with E-state index in [0.29, 0.717) is 17.8 Å². The van der Waals surface area contributed by atoms with Gasteiger partial charge in [-0.25, -0.2) is 9.37 Å². The lowest BCUT2D eigenvalue weighted by Gasteiger charge is -2.27. The van der Waals surface area contributed by atoms with Crippen molar-refractivity contribution < 1.29 is 9.18 Å². The van der Waals surface area contributed by atoms with Crippen molar-refractivity contribution in [2.75, 3.05) is 6.54 Å². The molecule has 1 aliphatic rings. The Morgan fingerprint density at radius 2 is 2.22 bits per heavy atom. The molecular formula is C18H16FN3O. The van der Waals surface area contributed by atoms with Crippen molar-refractivity contribution in [2.24, 2.45) is 5.92 Å². The maximum Gasteiger partial charge on any atom is 0.272 e. The number of hydrogen-bond donors (Lipinski definition) is 0.